The van der Waals surface area contributed by atoms with Gasteiger partial charge in [-0.3, -0.25) is 0 Å². The molecule has 1 N–H and O–H groups in total. The van der Waals surface area contributed by atoms with Gasteiger partial charge in [-0.1, -0.05) is 35.5 Å². The summed E-state index contributed by atoms with van der Waals surface area (Å²) in [6, 6.07) is 12.9. The standard InChI is InChI=1S/C37H39F3N4O4/c1-43-16-18-44(19-17-43)33-21-32(36(45)46)41-31-15-13-26(20-29(31)33)47-22-24-8-6-23(7-9-24)10-14-28-34(42-48-35(28)25-11-12-25)27-4-2-3-5-30(27)37(38,39)40/h2-5,10,13-15,20-21,23-25H,6-9,11-12,16-19,22H2,1H3,(H,45,46)/b14-10+. The van der Waals surface area contributed by atoms with Gasteiger partial charge in [0.15, 0.2) is 5.69 Å². The Labute approximate surface area is 277 Å². The summed E-state index contributed by atoms with van der Waals surface area (Å²) in [5.41, 5.74) is 1.78. The van der Waals surface area contributed by atoms with E-state index in [-0.39, 0.29) is 22.9 Å². The summed E-state index contributed by atoms with van der Waals surface area (Å²) in [6.07, 6.45) is 5.33. The van der Waals surface area contributed by atoms with Crippen molar-refractivity contribution in [2.24, 2.45) is 11.8 Å². The van der Waals surface area contributed by atoms with E-state index in [2.05, 4.69) is 33.1 Å². The average Bonchev–Trinajstić information content (AvgIpc) is 3.85. The number of fused-ring (bicyclic) bond motifs is 1. The van der Waals surface area contributed by atoms with E-state index in [0.29, 0.717) is 35.3 Å². The van der Waals surface area contributed by atoms with Crippen molar-refractivity contribution in [3.63, 3.8) is 0 Å². The minimum atomic E-state index is -4.49. The van der Waals surface area contributed by atoms with Crippen LogP contribution in [0.4, 0.5) is 18.9 Å². The maximum absolute atomic E-state index is 13.8. The summed E-state index contributed by atoms with van der Waals surface area (Å²) in [4.78, 5) is 20.7. The molecule has 2 aromatic carbocycles. The Bertz CT molecular complexity index is 1820. The highest BCUT2D eigenvalue weighted by Gasteiger charge is 2.37. The topological polar surface area (TPSA) is 91.9 Å². The van der Waals surface area contributed by atoms with Crippen LogP contribution in [-0.4, -0.2) is 65.9 Å². The Balaban J connectivity index is 1.01. The van der Waals surface area contributed by atoms with Crippen molar-refractivity contribution in [3.8, 4) is 17.0 Å². The van der Waals surface area contributed by atoms with E-state index >= 15 is 0 Å². The Morgan fingerprint density at radius 3 is 2.48 bits per heavy atom. The predicted molar refractivity (Wildman–Crippen MR) is 177 cm³/mol. The molecule has 1 saturated heterocycles. The van der Waals surface area contributed by atoms with Crippen LogP contribution in [-0.2, 0) is 6.18 Å². The minimum absolute atomic E-state index is 0.0334. The van der Waals surface area contributed by atoms with Crippen LogP contribution in [0.25, 0.3) is 28.2 Å². The number of aromatic carboxylic acids is 1. The molecular formula is C37H39F3N4O4. The van der Waals surface area contributed by atoms with Gasteiger partial charge in [0.05, 0.1) is 17.7 Å². The largest absolute Gasteiger partial charge is 0.493 e. The predicted octanol–water partition coefficient (Wildman–Crippen LogP) is 8.13. The summed E-state index contributed by atoms with van der Waals surface area (Å²) in [6.45, 7) is 3.97. The molecule has 4 aromatic rings. The number of halogens is 3. The lowest BCUT2D eigenvalue weighted by molar-refractivity contribution is -0.137. The van der Waals surface area contributed by atoms with Gasteiger partial charge in [0, 0.05) is 54.3 Å². The van der Waals surface area contributed by atoms with E-state index in [9.17, 15) is 23.1 Å². The van der Waals surface area contributed by atoms with E-state index in [1.807, 2.05) is 24.3 Å². The van der Waals surface area contributed by atoms with Crippen LogP contribution in [0, 0.1) is 11.8 Å². The number of nitrogens with zero attached hydrogens (tertiary/aromatic N) is 4. The number of ether oxygens (including phenoxy) is 1. The number of carboxylic acids is 1. The highest BCUT2D eigenvalue weighted by atomic mass is 19.4. The van der Waals surface area contributed by atoms with E-state index in [4.69, 9.17) is 9.26 Å². The monoisotopic (exact) mass is 660 g/mol. The van der Waals surface area contributed by atoms with E-state index in [1.165, 1.54) is 12.1 Å². The molecule has 3 heterocycles. The number of hydrogen-bond acceptors (Lipinski definition) is 7. The first-order valence-electron chi connectivity index (χ1n) is 16.7. The summed E-state index contributed by atoms with van der Waals surface area (Å²) < 4.78 is 53.4. The van der Waals surface area contributed by atoms with Crippen molar-refractivity contribution in [3.05, 3.63) is 77.2 Å². The molecule has 0 bridgehead atoms. The number of alkyl halides is 3. The number of carboxylic acid groups (broad SMARTS) is 1. The Kier molecular flexibility index (Phi) is 8.89. The summed E-state index contributed by atoms with van der Waals surface area (Å²) in [5.74, 6) is 1.25. The molecule has 2 aliphatic carbocycles. The summed E-state index contributed by atoms with van der Waals surface area (Å²) in [7, 11) is 2.08. The zero-order chi connectivity index (χ0) is 33.4. The second-order valence-corrected chi connectivity index (χ2v) is 13.4. The number of benzene rings is 2. The molecule has 0 radical (unpaired) electrons. The lowest BCUT2D eigenvalue weighted by Gasteiger charge is -2.34. The number of allylic oxidation sites excluding steroid dienone is 1. The van der Waals surface area contributed by atoms with E-state index in [1.54, 1.807) is 12.1 Å². The maximum Gasteiger partial charge on any atom is 0.417 e. The molecule has 1 aliphatic heterocycles. The quantitative estimate of drug-likeness (QED) is 0.192. The Hall–Kier alpha value is -4.38. The average molecular weight is 661 g/mol. The van der Waals surface area contributed by atoms with Crippen LogP contribution < -0.4 is 9.64 Å². The number of hydrogen-bond donors (Lipinski definition) is 1. The zero-order valence-corrected chi connectivity index (χ0v) is 26.9. The van der Waals surface area contributed by atoms with Gasteiger partial charge in [0.1, 0.15) is 17.2 Å². The normalized spacial score (nSPS) is 20.9. The Morgan fingerprint density at radius 1 is 1.02 bits per heavy atom. The van der Waals surface area contributed by atoms with Crippen LogP contribution in [0.5, 0.6) is 5.75 Å². The third kappa shape index (κ3) is 6.92. The number of piperazine rings is 1. The maximum atomic E-state index is 13.8. The minimum Gasteiger partial charge on any atom is -0.493 e. The summed E-state index contributed by atoms with van der Waals surface area (Å²) in [5, 5.41) is 14.7. The van der Waals surface area contributed by atoms with Crippen molar-refractivity contribution in [2.45, 2.75) is 50.6 Å². The van der Waals surface area contributed by atoms with Gasteiger partial charge in [-0.25, -0.2) is 9.78 Å². The first kappa shape index (κ1) is 32.2. The number of pyridine rings is 1. The fraction of sp³-hybridized carbons (Fsp3) is 0.432. The van der Waals surface area contributed by atoms with Crippen molar-refractivity contribution in [2.75, 3.05) is 44.7 Å². The smallest absolute Gasteiger partial charge is 0.417 e. The molecule has 0 amide bonds. The van der Waals surface area contributed by atoms with E-state index in [0.717, 1.165) is 87.6 Å². The van der Waals surface area contributed by atoms with Crippen molar-refractivity contribution in [1.29, 1.82) is 0 Å². The number of anilines is 1. The van der Waals surface area contributed by atoms with Crippen molar-refractivity contribution >= 4 is 28.6 Å². The van der Waals surface area contributed by atoms with Gasteiger partial charge >= 0.3 is 12.1 Å². The van der Waals surface area contributed by atoms with Gasteiger partial charge < -0.3 is 24.2 Å². The van der Waals surface area contributed by atoms with Gasteiger partial charge in [0.25, 0.3) is 0 Å². The van der Waals surface area contributed by atoms with Crippen LogP contribution in [0.2, 0.25) is 0 Å². The molecule has 2 aromatic heterocycles. The van der Waals surface area contributed by atoms with Gasteiger partial charge in [-0.05, 0) is 87.7 Å². The molecular weight excluding hydrogens is 621 g/mol. The molecule has 48 heavy (non-hydrogen) atoms. The third-order valence-corrected chi connectivity index (χ3v) is 9.93. The molecule has 11 heteroatoms. The number of likely N-dealkylation sites (N-methyl/N-ethyl adjacent to an activating group) is 1. The fourth-order valence-corrected chi connectivity index (χ4v) is 6.93. The molecule has 252 valence electrons. The first-order valence-corrected chi connectivity index (χ1v) is 16.7. The molecule has 3 fully saturated rings. The molecule has 8 nitrogen and oxygen atoms in total. The summed E-state index contributed by atoms with van der Waals surface area (Å²) >= 11 is 0. The highest BCUT2D eigenvalue weighted by Crippen LogP contribution is 2.46. The van der Waals surface area contributed by atoms with Gasteiger partial charge in [-0.15, -0.1) is 0 Å². The van der Waals surface area contributed by atoms with Crippen LogP contribution >= 0.6 is 0 Å². The molecule has 0 atom stereocenters. The van der Waals surface area contributed by atoms with Gasteiger partial charge in [0.2, 0.25) is 0 Å². The molecule has 0 spiro atoms. The van der Waals surface area contributed by atoms with E-state index < -0.39 is 17.7 Å². The third-order valence-electron chi connectivity index (χ3n) is 9.93. The number of carbonyl (C=O) groups is 1. The fourth-order valence-electron chi connectivity index (χ4n) is 6.93. The SMILES string of the molecule is CN1CCN(c2cc(C(=O)O)nc3ccc(OCC4CCC(/C=C/c5c(-c6ccccc6C(F)(F)F)noc5C5CC5)CC4)cc23)CC1. The van der Waals surface area contributed by atoms with Gasteiger partial charge in [-0.2, -0.15) is 13.2 Å². The van der Waals surface area contributed by atoms with Crippen molar-refractivity contribution in [1.82, 2.24) is 15.0 Å². The van der Waals surface area contributed by atoms with Crippen molar-refractivity contribution < 1.29 is 32.3 Å². The second kappa shape index (κ2) is 13.3. The molecule has 7 rings (SSSR count). The number of aromatic nitrogens is 2. The van der Waals surface area contributed by atoms with Crippen LogP contribution in [0.3, 0.4) is 0 Å². The first-order chi connectivity index (χ1) is 23.1. The lowest BCUT2D eigenvalue weighted by Crippen LogP contribution is -2.44. The lowest BCUT2D eigenvalue weighted by atomic mass is 9.82. The second-order valence-electron chi connectivity index (χ2n) is 13.4. The molecule has 3 aliphatic rings. The number of rotatable bonds is 9. The zero-order valence-electron chi connectivity index (χ0n) is 26.9. The van der Waals surface area contributed by atoms with Crippen LogP contribution in [0.15, 0.2) is 59.1 Å². The molecule has 0 unspecified atom stereocenters. The Morgan fingerprint density at radius 2 is 1.77 bits per heavy atom. The highest BCUT2D eigenvalue weighted by molar-refractivity contribution is 5.98. The van der Waals surface area contributed by atoms with Crippen LogP contribution in [0.1, 0.15) is 71.8 Å². The molecule has 2 saturated carbocycles.